The van der Waals surface area contributed by atoms with Gasteiger partial charge in [-0.15, -0.1) is 0 Å². The van der Waals surface area contributed by atoms with Crippen LogP contribution in [0.1, 0.15) is 133 Å². The maximum Gasteiger partial charge on any atom is 0.335 e. The van der Waals surface area contributed by atoms with Crippen molar-refractivity contribution >= 4 is 45.5 Å². The molecule has 2 fully saturated rings. The van der Waals surface area contributed by atoms with Gasteiger partial charge < -0.3 is 46.5 Å². The first-order valence-corrected chi connectivity index (χ1v) is 24.9. The van der Waals surface area contributed by atoms with Crippen molar-refractivity contribution in [1.29, 1.82) is 10.5 Å². The van der Waals surface area contributed by atoms with Crippen molar-refractivity contribution in [3.63, 3.8) is 0 Å². The summed E-state index contributed by atoms with van der Waals surface area (Å²) in [6.45, 7) is 3.02. The SMILES string of the molecule is CC(=O)[C@@H]([NH3+])Cc1ccc(C#N)cc1.CC(=O)[C@H](Cc1ccc(C#N)cc1)NC(=O)c1ccc2c(c1)nc(-c1ccoc1)n2C1CCCCC1.O=C(O)c1ccc2c(c1)nc(-c1ccoc1)n2C1CCCCC1.[Cl-]. The average Bonchev–Trinajstić information content (AvgIpc) is 4.27. The fraction of sp³-hybridized carbons (Fsp3) is 0.310. The van der Waals surface area contributed by atoms with Crippen LogP contribution < -0.4 is 23.5 Å². The lowest BCUT2D eigenvalue weighted by Crippen LogP contribution is -3.00. The number of aromatic carboxylic acids is 1. The van der Waals surface area contributed by atoms with E-state index in [1.54, 1.807) is 80.5 Å². The molecule has 16 heteroatoms. The Balaban J connectivity index is 0.000000180. The molecule has 0 radical (unpaired) electrons. The third-order valence-electron chi connectivity index (χ3n) is 13.8. The van der Waals surface area contributed by atoms with Crippen LogP contribution >= 0.6 is 0 Å². The summed E-state index contributed by atoms with van der Waals surface area (Å²) in [6.07, 6.45) is 19.5. The lowest BCUT2D eigenvalue weighted by atomic mass is 9.95. The van der Waals surface area contributed by atoms with Crippen molar-refractivity contribution in [1.82, 2.24) is 24.4 Å². The number of rotatable bonds is 13. The molecule has 15 nitrogen and oxygen atoms in total. The summed E-state index contributed by atoms with van der Waals surface area (Å²) in [6, 6.07) is 32.9. The van der Waals surface area contributed by atoms with E-state index in [-0.39, 0.29) is 41.5 Å². The zero-order valence-corrected chi connectivity index (χ0v) is 42.3. The maximum atomic E-state index is 13.2. The number of furan rings is 2. The zero-order chi connectivity index (χ0) is 51.4. The number of amides is 1. The Morgan fingerprint density at radius 1 is 0.649 bits per heavy atom. The number of carbonyl (C=O) groups is 4. The number of imidazole rings is 2. The van der Waals surface area contributed by atoms with Crippen LogP contribution in [0, 0.1) is 22.7 Å². The number of carboxylic acids is 1. The number of carbonyl (C=O) groups excluding carboxylic acids is 3. The second-order valence-electron chi connectivity index (χ2n) is 18.9. The van der Waals surface area contributed by atoms with Gasteiger partial charge in [0.1, 0.15) is 30.2 Å². The smallest absolute Gasteiger partial charge is 0.335 e. The van der Waals surface area contributed by atoms with E-state index in [2.05, 4.69) is 26.3 Å². The van der Waals surface area contributed by atoms with Gasteiger partial charge in [-0.2, -0.15) is 10.5 Å². The van der Waals surface area contributed by atoms with E-state index in [4.69, 9.17) is 29.3 Å². The molecule has 4 aromatic heterocycles. The molecule has 0 saturated heterocycles. The molecule has 1 amide bonds. The molecule has 0 spiro atoms. The van der Waals surface area contributed by atoms with E-state index in [1.807, 2.05) is 54.6 Å². The minimum atomic E-state index is -0.927. The van der Waals surface area contributed by atoms with Gasteiger partial charge >= 0.3 is 5.97 Å². The summed E-state index contributed by atoms with van der Waals surface area (Å²) in [7, 11) is 0. The number of halogens is 1. The highest BCUT2D eigenvalue weighted by Gasteiger charge is 2.26. The molecule has 74 heavy (non-hydrogen) atoms. The number of ketones is 2. The number of nitrogens with zero attached hydrogens (tertiary/aromatic N) is 6. The minimum Gasteiger partial charge on any atom is -1.00 e. The molecule has 0 unspecified atom stereocenters. The first-order chi connectivity index (χ1) is 35.4. The van der Waals surface area contributed by atoms with E-state index in [0.717, 1.165) is 81.7 Å². The van der Waals surface area contributed by atoms with E-state index in [1.165, 1.54) is 45.4 Å². The van der Waals surface area contributed by atoms with Gasteiger partial charge in [0.2, 0.25) is 0 Å². The largest absolute Gasteiger partial charge is 1.00 e. The summed E-state index contributed by atoms with van der Waals surface area (Å²) < 4.78 is 15.1. The number of fused-ring (bicyclic) bond motifs is 2. The summed E-state index contributed by atoms with van der Waals surface area (Å²) in [5.41, 5.74) is 12.9. The van der Waals surface area contributed by atoms with Crippen molar-refractivity contribution in [3.8, 4) is 34.9 Å². The van der Waals surface area contributed by atoms with Crippen LogP contribution in [0.2, 0.25) is 0 Å². The molecule has 2 aliphatic rings. The van der Waals surface area contributed by atoms with Crippen LogP contribution in [0.3, 0.4) is 0 Å². The number of aromatic nitrogens is 4. The fourth-order valence-corrected chi connectivity index (χ4v) is 9.71. The molecule has 10 rings (SSSR count). The predicted octanol–water partition coefficient (Wildman–Crippen LogP) is 7.41. The second-order valence-corrected chi connectivity index (χ2v) is 18.9. The first kappa shape index (κ1) is 53.7. The van der Waals surface area contributed by atoms with Crippen LogP contribution in [-0.2, 0) is 22.4 Å². The molecule has 0 bridgehead atoms. The summed E-state index contributed by atoms with van der Waals surface area (Å²) in [5.74, 6) is 0.438. The highest BCUT2D eigenvalue weighted by molar-refractivity contribution is 6.00. The van der Waals surface area contributed by atoms with Gasteiger partial charge in [0.25, 0.3) is 5.91 Å². The van der Waals surface area contributed by atoms with E-state index < -0.39 is 12.0 Å². The van der Waals surface area contributed by atoms with E-state index in [9.17, 15) is 24.3 Å². The monoisotopic (exact) mass is 1010 g/mol. The Morgan fingerprint density at radius 2 is 1.09 bits per heavy atom. The van der Waals surface area contributed by atoms with E-state index in [0.29, 0.717) is 41.6 Å². The highest BCUT2D eigenvalue weighted by Crippen LogP contribution is 2.38. The number of nitriles is 2. The average molecular weight is 1020 g/mol. The van der Waals surface area contributed by atoms with Gasteiger partial charge in [-0.1, -0.05) is 62.8 Å². The van der Waals surface area contributed by atoms with Crippen molar-refractivity contribution in [2.75, 3.05) is 0 Å². The van der Waals surface area contributed by atoms with Crippen LogP contribution in [0.5, 0.6) is 0 Å². The fourth-order valence-electron chi connectivity index (χ4n) is 9.71. The Bertz CT molecular complexity index is 3280. The Kier molecular flexibility index (Phi) is 18.2. The molecule has 5 N–H and O–H groups in total. The predicted molar refractivity (Wildman–Crippen MR) is 275 cm³/mol. The molecule has 4 aromatic carbocycles. The standard InChI is InChI=1S/C29H28N4O3.C18H18N2O3.C11H12N2O.ClH/c1-19(34)25(15-20-7-9-21(17-30)10-8-20)32-29(35)22-11-12-27-26(16-22)31-28(23-13-14-36-18-23)33(27)24-5-3-2-4-6-24;21-18(22)12-6-7-16-15(10-12)19-17(13-8-9-23-11-13)20(16)14-4-2-1-3-5-14;1-8(14)11(13)6-9-2-4-10(7-12)5-3-9;/h7-14,16,18,24-25H,2-6,15H2,1H3,(H,32,35);6-11,14H,1-5H2,(H,21,22);2-5,11H,6,13H2,1H3;1H/t25-;;11-;/m0.0./s1. The highest BCUT2D eigenvalue weighted by atomic mass is 35.5. The van der Waals surface area contributed by atoms with Gasteiger partial charge in [0, 0.05) is 31.0 Å². The lowest BCUT2D eigenvalue weighted by molar-refractivity contribution is -0.402. The number of quaternary nitrogens is 1. The van der Waals surface area contributed by atoms with E-state index >= 15 is 0 Å². The van der Waals surface area contributed by atoms with Crippen LogP contribution in [0.15, 0.2) is 131 Å². The van der Waals surface area contributed by atoms with Gasteiger partial charge in [-0.05, 0) is 123 Å². The lowest BCUT2D eigenvalue weighted by Gasteiger charge is -2.25. The maximum absolute atomic E-state index is 13.2. The number of carboxylic acid groups (broad SMARTS) is 1. The third-order valence-corrected chi connectivity index (χ3v) is 13.8. The molecule has 2 saturated carbocycles. The number of benzene rings is 4. The number of nitrogens with one attached hydrogen (secondary N) is 1. The van der Waals surface area contributed by atoms with Gasteiger partial charge in [0.15, 0.2) is 11.6 Å². The molecule has 380 valence electrons. The number of Topliss-reactive ketones (excluding diaryl/α,β-unsaturated/α-hetero) is 2. The minimum absolute atomic E-state index is 0. The third kappa shape index (κ3) is 12.9. The van der Waals surface area contributed by atoms with Crippen LogP contribution in [0.25, 0.3) is 44.8 Å². The van der Waals surface area contributed by atoms with Gasteiger partial charge in [-0.3, -0.25) is 14.4 Å². The zero-order valence-electron chi connectivity index (χ0n) is 41.5. The first-order valence-electron chi connectivity index (χ1n) is 24.9. The Hall–Kier alpha value is -8.11. The summed E-state index contributed by atoms with van der Waals surface area (Å²) >= 11 is 0. The molecule has 8 aromatic rings. The van der Waals surface area contributed by atoms with Crippen LogP contribution in [-0.4, -0.2) is 59.7 Å². The molecular formula is C58H59ClN8O7. The van der Waals surface area contributed by atoms with Crippen LogP contribution in [0.4, 0.5) is 0 Å². The molecular weight excluding hydrogens is 956 g/mol. The molecule has 2 atom stereocenters. The molecule has 2 aliphatic carbocycles. The normalized spacial score (nSPS) is 14.4. The quantitative estimate of drug-likeness (QED) is 0.103. The topological polar surface area (TPSA) is 238 Å². The Morgan fingerprint density at radius 3 is 1.50 bits per heavy atom. The van der Waals surface area contributed by atoms with Crippen molar-refractivity contribution in [2.45, 2.75) is 115 Å². The molecule has 4 heterocycles. The van der Waals surface area contributed by atoms with Crippen molar-refractivity contribution in [3.05, 3.63) is 155 Å². The van der Waals surface area contributed by atoms with Gasteiger partial charge in [-0.25, -0.2) is 14.8 Å². The van der Waals surface area contributed by atoms with Crippen molar-refractivity contribution < 1.29 is 51.3 Å². The van der Waals surface area contributed by atoms with Gasteiger partial charge in [0.05, 0.1) is 80.6 Å². The second kappa shape index (κ2) is 25.0. The Labute approximate surface area is 435 Å². The number of hydrogen-bond donors (Lipinski definition) is 3. The summed E-state index contributed by atoms with van der Waals surface area (Å²) in [4.78, 5) is 57.3. The van der Waals surface area contributed by atoms with Crippen molar-refractivity contribution in [2.24, 2.45) is 0 Å². The summed E-state index contributed by atoms with van der Waals surface area (Å²) in [5, 5.41) is 29.7. The molecule has 0 aliphatic heterocycles. The number of hydrogen-bond acceptors (Lipinski definition) is 10.